The van der Waals surface area contributed by atoms with E-state index in [0.29, 0.717) is 17.7 Å². The minimum Gasteiger partial charge on any atom is -0.467 e. The summed E-state index contributed by atoms with van der Waals surface area (Å²) in [5.41, 5.74) is 5.76. The summed E-state index contributed by atoms with van der Waals surface area (Å²) in [7, 11) is 1.51. The number of amides is 1. The second-order valence-electron chi connectivity index (χ2n) is 7.31. The summed E-state index contributed by atoms with van der Waals surface area (Å²) in [5.74, 6) is -0.257. The van der Waals surface area contributed by atoms with Crippen LogP contribution >= 0.6 is 0 Å². The van der Waals surface area contributed by atoms with Gasteiger partial charge in [0.2, 0.25) is 0 Å². The summed E-state index contributed by atoms with van der Waals surface area (Å²) in [6.45, 7) is 8.44. The molecule has 0 saturated heterocycles. The van der Waals surface area contributed by atoms with E-state index < -0.39 is 0 Å². The average Bonchev–Trinajstić information content (AvgIpc) is 2.74. The van der Waals surface area contributed by atoms with Gasteiger partial charge in [0.25, 0.3) is 11.5 Å². The minimum atomic E-state index is -0.257. The highest BCUT2D eigenvalue weighted by Gasteiger charge is 2.16. The first-order chi connectivity index (χ1) is 14.8. The quantitative estimate of drug-likeness (QED) is 0.541. The normalized spacial score (nSPS) is 10.6. The summed E-state index contributed by atoms with van der Waals surface area (Å²) >= 11 is 0. The predicted octanol–water partition coefficient (Wildman–Crippen LogP) is 3.13. The molecule has 162 valence electrons. The first-order valence-electron chi connectivity index (χ1n) is 10.1. The van der Waals surface area contributed by atoms with Crippen LogP contribution in [-0.2, 0) is 6.54 Å². The van der Waals surface area contributed by atoms with Crippen LogP contribution in [-0.4, -0.2) is 34.5 Å². The number of rotatable bonds is 7. The molecule has 0 bridgehead atoms. The fourth-order valence-corrected chi connectivity index (χ4v) is 3.43. The first kappa shape index (κ1) is 22.0. The zero-order valence-electron chi connectivity index (χ0n) is 18.4. The zero-order chi connectivity index (χ0) is 22.5. The Bertz CT molecular complexity index is 1150. The molecule has 0 saturated carbocycles. The highest BCUT2D eigenvalue weighted by Crippen LogP contribution is 2.28. The van der Waals surface area contributed by atoms with Gasteiger partial charge < -0.3 is 20.4 Å². The van der Waals surface area contributed by atoms with Gasteiger partial charge in [-0.25, -0.2) is 9.97 Å². The molecular formula is C23H27N5O3. The van der Waals surface area contributed by atoms with Crippen molar-refractivity contribution in [2.75, 3.05) is 19.0 Å². The maximum absolute atomic E-state index is 13.1. The van der Waals surface area contributed by atoms with E-state index >= 15 is 0 Å². The highest BCUT2D eigenvalue weighted by atomic mass is 16.5. The molecule has 31 heavy (non-hydrogen) atoms. The van der Waals surface area contributed by atoms with Gasteiger partial charge in [-0.05, 0) is 62.6 Å². The molecule has 8 heteroatoms. The Morgan fingerprint density at radius 2 is 1.81 bits per heavy atom. The van der Waals surface area contributed by atoms with Crippen LogP contribution in [0.2, 0.25) is 0 Å². The third-order valence-corrected chi connectivity index (χ3v) is 5.08. The molecular weight excluding hydrogens is 394 g/mol. The number of aryl methyl sites for hydroxylation is 2. The number of benzene rings is 1. The lowest BCUT2D eigenvalue weighted by molar-refractivity contribution is 0.0950. The summed E-state index contributed by atoms with van der Waals surface area (Å²) in [6.07, 6.45) is 3.31. The smallest absolute Gasteiger partial charge is 0.316 e. The van der Waals surface area contributed by atoms with Gasteiger partial charge in [-0.1, -0.05) is 0 Å². The molecule has 0 unspecified atom stereocenters. The van der Waals surface area contributed by atoms with Crippen LogP contribution in [0.25, 0.3) is 11.1 Å². The van der Waals surface area contributed by atoms with Crippen molar-refractivity contribution >= 4 is 11.6 Å². The summed E-state index contributed by atoms with van der Waals surface area (Å²) < 4.78 is 5.02. The predicted molar refractivity (Wildman–Crippen MR) is 121 cm³/mol. The highest BCUT2D eigenvalue weighted by molar-refractivity contribution is 5.98. The second kappa shape index (κ2) is 9.42. The molecule has 0 aliphatic rings. The number of hydrogen-bond acceptors (Lipinski definition) is 6. The number of hydrogen-bond donors (Lipinski definition) is 3. The molecule has 0 radical (unpaired) electrons. The van der Waals surface area contributed by atoms with Gasteiger partial charge in [0.1, 0.15) is 0 Å². The summed E-state index contributed by atoms with van der Waals surface area (Å²) in [5, 5.41) is 6.19. The maximum atomic E-state index is 13.1. The van der Waals surface area contributed by atoms with Gasteiger partial charge in [0.05, 0.1) is 7.11 Å². The Hall–Kier alpha value is -3.68. The van der Waals surface area contributed by atoms with Gasteiger partial charge in [0, 0.05) is 53.6 Å². The van der Waals surface area contributed by atoms with Crippen molar-refractivity contribution in [1.29, 1.82) is 0 Å². The van der Waals surface area contributed by atoms with E-state index in [1.807, 2.05) is 45.9 Å². The van der Waals surface area contributed by atoms with Crippen molar-refractivity contribution in [1.82, 2.24) is 20.3 Å². The average molecular weight is 422 g/mol. The number of methoxy groups -OCH3 is 1. The molecule has 8 nitrogen and oxygen atoms in total. The molecule has 0 aliphatic carbocycles. The molecule has 2 aromatic heterocycles. The first-order valence-corrected chi connectivity index (χ1v) is 10.1. The van der Waals surface area contributed by atoms with Crippen LogP contribution in [0.5, 0.6) is 6.01 Å². The fourth-order valence-electron chi connectivity index (χ4n) is 3.43. The van der Waals surface area contributed by atoms with Crippen LogP contribution < -0.4 is 20.9 Å². The number of aromatic nitrogens is 3. The third kappa shape index (κ3) is 4.91. The van der Waals surface area contributed by atoms with Crippen LogP contribution in [0, 0.1) is 20.8 Å². The molecule has 3 aromatic rings. The molecule has 0 fully saturated rings. The second-order valence-corrected chi connectivity index (χ2v) is 7.31. The van der Waals surface area contributed by atoms with E-state index in [1.54, 1.807) is 12.4 Å². The van der Waals surface area contributed by atoms with Crippen LogP contribution in [0.15, 0.2) is 35.4 Å². The maximum Gasteiger partial charge on any atom is 0.316 e. The Labute approximate surface area is 181 Å². The van der Waals surface area contributed by atoms with E-state index in [0.717, 1.165) is 33.6 Å². The van der Waals surface area contributed by atoms with Crippen LogP contribution in [0.3, 0.4) is 0 Å². The number of carbonyl (C=O) groups excluding carboxylic acids is 1. The monoisotopic (exact) mass is 421 g/mol. The number of pyridine rings is 1. The number of nitrogens with one attached hydrogen (secondary N) is 3. The summed E-state index contributed by atoms with van der Waals surface area (Å²) in [6, 6.07) is 5.94. The standard InChI is InChI=1S/C23H27N5O3/c1-6-24-20-9-16(17-10-26-23(31-5)27-11-17)8-18(15(20)4)21(29)25-12-19-13(2)7-14(3)28-22(19)30/h7-11,24H,6,12H2,1-5H3,(H,25,29)(H,28,30). The van der Waals surface area contributed by atoms with E-state index in [1.165, 1.54) is 7.11 Å². The van der Waals surface area contributed by atoms with Crippen molar-refractivity contribution in [2.45, 2.75) is 34.2 Å². The lowest BCUT2D eigenvalue weighted by Gasteiger charge is -2.16. The van der Waals surface area contributed by atoms with E-state index in [4.69, 9.17) is 4.74 Å². The third-order valence-electron chi connectivity index (χ3n) is 5.08. The van der Waals surface area contributed by atoms with Crippen LogP contribution in [0.1, 0.15) is 39.7 Å². The molecule has 3 N–H and O–H groups in total. The lowest BCUT2D eigenvalue weighted by Crippen LogP contribution is -2.28. The number of aromatic amines is 1. The minimum absolute atomic E-state index is 0.145. The molecule has 3 rings (SSSR count). The van der Waals surface area contributed by atoms with Crippen molar-refractivity contribution in [2.24, 2.45) is 0 Å². The number of carbonyl (C=O) groups is 1. The zero-order valence-corrected chi connectivity index (χ0v) is 18.4. The Kier molecular flexibility index (Phi) is 6.69. The van der Waals surface area contributed by atoms with Crippen molar-refractivity contribution in [3.05, 3.63) is 68.9 Å². The van der Waals surface area contributed by atoms with Gasteiger partial charge >= 0.3 is 6.01 Å². The van der Waals surface area contributed by atoms with Crippen molar-refractivity contribution in [3.8, 4) is 17.1 Å². The molecule has 0 atom stereocenters. The van der Waals surface area contributed by atoms with E-state index in [9.17, 15) is 9.59 Å². The largest absolute Gasteiger partial charge is 0.467 e. The van der Waals surface area contributed by atoms with E-state index in [2.05, 4.69) is 25.6 Å². The Morgan fingerprint density at radius 1 is 1.10 bits per heavy atom. The Balaban J connectivity index is 1.94. The fraction of sp³-hybridized carbons (Fsp3) is 0.304. The van der Waals surface area contributed by atoms with Gasteiger partial charge in [-0.15, -0.1) is 0 Å². The summed E-state index contributed by atoms with van der Waals surface area (Å²) in [4.78, 5) is 36.4. The van der Waals surface area contributed by atoms with Crippen molar-refractivity contribution < 1.29 is 9.53 Å². The Morgan fingerprint density at radius 3 is 2.42 bits per heavy atom. The molecule has 0 aliphatic heterocycles. The van der Waals surface area contributed by atoms with E-state index in [-0.39, 0.29) is 24.0 Å². The van der Waals surface area contributed by atoms with Gasteiger partial charge in [0.15, 0.2) is 0 Å². The number of anilines is 1. The molecule has 2 heterocycles. The molecule has 1 aromatic carbocycles. The molecule has 0 spiro atoms. The van der Waals surface area contributed by atoms with Gasteiger partial charge in [-0.2, -0.15) is 0 Å². The number of H-pyrrole nitrogens is 1. The van der Waals surface area contributed by atoms with Crippen LogP contribution in [0.4, 0.5) is 5.69 Å². The SMILES string of the molecule is CCNc1cc(-c2cnc(OC)nc2)cc(C(=O)NCc2c(C)cc(C)[nH]c2=O)c1C. The van der Waals surface area contributed by atoms with Gasteiger partial charge in [-0.3, -0.25) is 9.59 Å². The van der Waals surface area contributed by atoms with Crippen molar-refractivity contribution in [3.63, 3.8) is 0 Å². The lowest BCUT2D eigenvalue weighted by atomic mass is 9.98. The molecule has 1 amide bonds. The number of nitrogens with zero attached hydrogens (tertiary/aromatic N) is 2. The topological polar surface area (TPSA) is 109 Å². The number of ether oxygens (including phenoxy) is 1.